The van der Waals surface area contributed by atoms with E-state index in [0.29, 0.717) is 20.3 Å². The number of amides is 4. The van der Waals surface area contributed by atoms with Gasteiger partial charge in [-0.2, -0.15) is 0 Å². The number of benzene rings is 3. The Morgan fingerprint density at radius 2 is 1.58 bits per heavy atom. The number of halogens is 3. The van der Waals surface area contributed by atoms with Gasteiger partial charge in [-0.05, 0) is 82.7 Å². The van der Waals surface area contributed by atoms with Crippen molar-refractivity contribution in [3.8, 4) is 11.5 Å². The van der Waals surface area contributed by atoms with E-state index in [1.54, 1.807) is 48.5 Å². The van der Waals surface area contributed by atoms with Crippen LogP contribution in [0.3, 0.4) is 0 Å². The molecule has 36 heavy (non-hydrogen) atoms. The largest absolute Gasteiger partial charge is 0.497 e. The molecule has 0 bridgehead atoms. The van der Waals surface area contributed by atoms with E-state index in [1.807, 2.05) is 0 Å². The number of nitrogens with zero attached hydrogens (tertiary/aromatic N) is 1. The Labute approximate surface area is 230 Å². The molecule has 4 rings (SSSR count). The quantitative estimate of drug-likeness (QED) is 0.157. The number of ether oxygens (including phenoxy) is 2. The van der Waals surface area contributed by atoms with Gasteiger partial charge in [0.2, 0.25) is 0 Å². The number of carbonyl (C=O) groups is 4. The Hall–Kier alpha value is -3.28. The summed E-state index contributed by atoms with van der Waals surface area (Å²) in [5.41, 5.74) is 0.476. The van der Waals surface area contributed by atoms with Crippen molar-refractivity contribution >= 4 is 83.4 Å². The van der Waals surface area contributed by atoms with Crippen LogP contribution in [0.2, 0.25) is 0 Å². The van der Waals surface area contributed by atoms with Gasteiger partial charge in [0.05, 0.1) is 22.8 Å². The maximum atomic E-state index is 13.3. The van der Waals surface area contributed by atoms with Gasteiger partial charge in [-0.3, -0.25) is 14.9 Å². The van der Waals surface area contributed by atoms with Crippen LogP contribution < -0.4 is 19.7 Å². The molecular formula is C25H15Br3N2O6. The first-order chi connectivity index (χ1) is 17.2. The van der Waals surface area contributed by atoms with Gasteiger partial charge >= 0.3 is 12.0 Å². The van der Waals surface area contributed by atoms with Gasteiger partial charge in [0, 0.05) is 14.5 Å². The average Bonchev–Trinajstić information content (AvgIpc) is 2.84. The Kier molecular flexibility index (Phi) is 7.72. The van der Waals surface area contributed by atoms with Gasteiger partial charge in [-0.1, -0.05) is 31.9 Å². The molecule has 0 aliphatic carbocycles. The Morgan fingerprint density at radius 3 is 2.22 bits per heavy atom. The summed E-state index contributed by atoms with van der Waals surface area (Å²) in [4.78, 5) is 52.0. The fraction of sp³-hybridized carbons (Fsp3) is 0.0400. The first-order valence-corrected chi connectivity index (χ1v) is 12.6. The molecule has 0 radical (unpaired) electrons. The fourth-order valence-electron chi connectivity index (χ4n) is 3.31. The van der Waals surface area contributed by atoms with E-state index in [1.165, 1.54) is 25.3 Å². The maximum Gasteiger partial charge on any atom is 0.343 e. The first-order valence-electron chi connectivity index (χ1n) is 10.2. The van der Waals surface area contributed by atoms with Crippen molar-refractivity contribution in [3.63, 3.8) is 0 Å². The number of methoxy groups -OCH3 is 1. The van der Waals surface area contributed by atoms with Crippen LogP contribution in [0.25, 0.3) is 6.08 Å². The number of urea groups is 1. The van der Waals surface area contributed by atoms with Crippen molar-refractivity contribution in [1.29, 1.82) is 0 Å². The highest BCUT2D eigenvalue weighted by atomic mass is 79.9. The summed E-state index contributed by atoms with van der Waals surface area (Å²) in [7, 11) is 1.49. The van der Waals surface area contributed by atoms with Crippen molar-refractivity contribution in [1.82, 2.24) is 5.32 Å². The summed E-state index contributed by atoms with van der Waals surface area (Å²) in [6.45, 7) is 0. The van der Waals surface area contributed by atoms with E-state index in [-0.39, 0.29) is 22.6 Å². The van der Waals surface area contributed by atoms with Crippen molar-refractivity contribution in [3.05, 3.63) is 90.8 Å². The van der Waals surface area contributed by atoms with Crippen LogP contribution >= 0.6 is 47.8 Å². The summed E-state index contributed by atoms with van der Waals surface area (Å²) in [5, 5.41) is 2.17. The molecule has 1 heterocycles. The molecule has 1 saturated heterocycles. The number of carbonyl (C=O) groups excluding carboxylic acids is 4. The Bertz CT molecular complexity index is 1420. The number of nitrogens with one attached hydrogen (secondary N) is 1. The zero-order valence-corrected chi connectivity index (χ0v) is 23.1. The van der Waals surface area contributed by atoms with Gasteiger partial charge in [-0.25, -0.2) is 14.5 Å². The maximum absolute atomic E-state index is 13.3. The lowest BCUT2D eigenvalue weighted by molar-refractivity contribution is -0.122. The highest BCUT2D eigenvalue weighted by molar-refractivity contribution is 9.11. The Morgan fingerprint density at radius 1 is 0.917 bits per heavy atom. The molecule has 8 nitrogen and oxygen atoms in total. The predicted octanol–water partition coefficient (Wildman–Crippen LogP) is 5.87. The van der Waals surface area contributed by atoms with Crippen LogP contribution in [0.4, 0.5) is 10.5 Å². The zero-order valence-electron chi connectivity index (χ0n) is 18.4. The van der Waals surface area contributed by atoms with Gasteiger partial charge in [0.15, 0.2) is 5.75 Å². The minimum Gasteiger partial charge on any atom is -0.497 e. The summed E-state index contributed by atoms with van der Waals surface area (Å²) in [5.74, 6) is -1.73. The van der Waals surface area contributed by atoms with Crippen molar-refractivity contribution in [2.45, 2.75) is 0 Å². The van der Waals surface area contributed by atoms with Gasteiger partial charge in [-0.15, -0.1) is 0 Å². The van der Waals surface area contributed by atoms with Crippen LogP contribution in [-0.4, -0.2) is 30.9 Å². The van der Waals surface area contributed by atoms with Crippen LogP contribution in [-0.2, 0) is 9.59 Å². The normalized spacial score (nSPS) is 14.6. The van der Waals surface area contributed by atoms with E-state index in [0.717, 1.165) is 9.37 Å². The lowest BCUT2D eigenvalue weighted by atomic mass is 10.1. The second-order valence-corrected chi connectivity index (χ2v) is 10.0. The first kappa shape index (κ1) is 25.8. The molecule has 4 amide bonds. The van der Waals surface area contributed by atoms with Gasteiger partial charge in [0.1, 0.15) is 11.3 Å². The molecule has 0 saturated carbocycles. The van der Waals surface area contributed by atoms with Crippen molar-refractivity contribution < 1.29 is 28.7 Å². The molecule has 0 atom stereocenters. The molecule has 0 spiro atoms. The highest BCUT2D eigenvalue weighted by Gasteiger charge is 2.37. The van der Waals surface area contributed by atoms with E-state index in [4.69, 9.17) is 9.47 Å². The number of imide groups is 2. The van der Waals surface area contributed by atoms with Gasteiger partial charge in [0.25, 0.3) is 11.8 Å². The van der Waals surface area contributed by atoms with Crippen molar-refractivity contribution in [2.75, 3.05) is 12.0 Å². The molecule has 11 heteroatoms. The molecule has 182 valence electrons. The molecular weight excluding hydrogens is 664 g/mol. The third-order valence-electron chi connectivity index (χ3n) is 5.04. The summed E-state index contributed by atoms with van der Waals surface area (Å²) < 4.78 is 12.5. The zero-order chi connectivity index (χ0) is 26.0. The van der Waals surface area contributed by atoms with Crippen LogP contribution in [0.15, 0.2) is 79.7 Å². The summed E-state index contributed by atoms with van der Waals surface area (Å²) in [6, 6.07) is 15.1. The lowest BCUT2D eigenvalue weighted by Crippen LogP contribution is -2.54. The monoisotopic (exact) mass is 676 g/mol. The minimum atomic E-state index is -0.885. The third-order valence-corrected chi connectivity index (χ3v) is 6.62. The van der Waals surface area contributed by atoms with Crippen LogP contribution in [0, 0.1) is 0 Å². The lowest BCUT2D eigenvalue weighted by Gasteiger charge is -2.26. The number of rotatable bonds is 5. The third kappa shape index (κ3) is 5.43. The summed E-state index contributed by atoms with van der Waals surface area (Å²) >= 11 is 10.1. The summed E-state index contributed by atoms with van der Waals surface area (Å²) in [6.07, 6.45) is 1.26. The van der Waals surface area contributed by atoms with E-state index in [9.17, 15) is 19.2 Å². The number of barbiturate groups is 1. The number of hydrogen-bond donors (Lipinski definition) is 1. The molecule has 3 aromatic carbocycles. The van der Waals surface area contributed by atoms with Gasteiger partial charge < -0.3 is 9.47 Å². The smallest absolute Gasteiger partial charge is 0.343 e. The molecule has 3 aromatic rings. The minimum absolute atomic E-state index is 0.0899. The number of anilines is 1. The molecule has 1 aliphatic heterocycles. The number of hydrogen-bond acceptors (Lipinski definition) is 6. The van der Waals surface area contributed by atoms with E-state index >= 15 is 0 Å². The second-order valence-electron chi connectivity index (χ2n) is 7.36. The van der Waals surface area contributed by atoms with Crippen LogP contribution in [0.1, 0.15) is 15.9 Å². The molecule has 1 fully saturated rings. The molecule has 0 unspecified atom stereocenters. The second kappa shape index (κ2) is 10.8. The molecule has 1 N–H and O–H groups in total. The topological polar surface area (TPSA) is 102 Å². The van der Waals surface area contributed by atoms with Crippen molar-refractivity contribution in [2.24, 2.45) is 0 Å². The SMILES string of the molecule is COc1ccc(N2C(=O)NC(=O)/C(=C/c3cc(Br)cc(Br)c3OC(=O)c3ccc(Br)cc3)C2=O)cc1. The standard InChI is InChI=1S/C25H15Br3N2O6/c1-35-18-8-6-17(7-9-18)30-23(32)19(22(31)29-25(30)34)11-14-10-16(27)12-20(28)21(14)36-24(33)13-2-4-15(26)5-3-13/h2-12H,1H3,(H,29,31,34)/b19-11-. The highest BCUT2D eigenvalue weighted by Crippen LogP contribution is 2.36. The van der Waals surface area contributed by atoms with Crippen LogP contribution in [0.5, 0.6) is 11.5 Å². The Balaban J connectivity index is 1.73. The molecule has 0 aromatic heterocycles. The predicted molar refractivity (Wildman–Crippen MR) is 143 cm³/mol. The molecule has 1 aliphatic rings. The van der Waals surface area contributed by atoms with E-state index in [2.05, 4.69) is 53.1 Å². The fourth-order valence-corrected chi connectivity index (χ4v) is 4.92. The number of esters is 1. The van der Waals surface area contributed by atoms with E-state index < -0.39 is 23.8 Å². The average molecular weight is 679 g/mol.